The summed E-state index contributed by atoms with van der Waals surface area (Å²) in [4.78, 5) is 7.22. The van der Waals surface area contributed by atoms with E-state index in [1.807, 2.05) is 0 Å². The first kappa shape index (κ1) is 8.27. The molecule has 0 aliphatic rings. The molecule has 0 amide bonds. The molecule has 11 heavy (non-hydrogen) atoms. The summed E-state index contributed by atoms with van der Waals surface area (Å²) >= 11 is 0. The smallest absolute Gasteiger partial charge is 0.0925 e. The monoisotopic (exact) mass is 153 g/mol. The van der Waals surface area contributed by atoms with E-state index in [2.05, 4.69) is 23.8 Å². The van der Waals surface area contributed by atoms with E-state index in [0.29, 0.717) is 12.5 Å². The largest absolute Gasteiger partial charge is 0.347 e. The summed E-state index contributed by atoms with van der Waals surface area (Å²) in [6.45, 7) is 4.91. The van der Waals surface area contributed by atoms with Crippen LogP contribution in [0.1, 0.15) is 25.2 Å². The zero-order chi connectivity index (χ0) is 8.27. The van der Waals surface area contributed by atoms with Crippen molar-refractivity contribution in [2.45, 2.75) is 26.8 Å². The maximum atomic E-state index is 5.50. The summed E-state index contributed by atoms with van der Waals surface area (Å²) in [5.74, 6) is 0.642. The van der Waals surface area contributed by atoms with E-state index in [-0.39, 0.29) is 0 Å². The number of rotatable bonds is 3. The van der Waals surface area contributed by atoms with Crippen molar-refractivity contribution in [1.29, 1.82) is 0 Å². The van der Waals surface area contributed by atoms with E-state index in [4.69, 9.17) is 5.73 Å². The quantitative estimate of drug-likeness (QED) is 0.682. The molecule has 3 heteroatoms. The zero-order valence-electron chi connectivity index (χ0n) is 7.09. The first-order chi connectivity index (χ1) is 5.24. The van der Waals surface area contributed by atoms with Gasteiger partial charge in [0, 0.05) is 6.54 Å². The van der Waals surface area contributed by atoms with Crippen LogP contribution in [0.5, 0.6) is 0 Å². The molecule has 1 rings (SSSR count). The molecule has 3 N–H and O–H groups in total. The summed E-state index contributed by atoms with van der Waals surface area (Å²) < 4.78 is 0. The van der Waals surface area contributed by atoms with Crippen LogP contribution >= 0.6 is 0 Å². The van der Waals surface area contributed by atoms with Gasteiger partial charge < -0.3 is 10.7 Å². The van der Waals surface area contributed by atoms with Crippen LogP contribution in [0.3, 0.4) is 0 Å². The molecule has 0 saturated carbocycles. The van der Waals surface area contributed by atoms with E-state index in [9.17, 15) is 0 Å². The Morgan fingerprint density at radius 2 is 2.36 bits per heavy atom. The molecule has 0 radical (unpaired) electrons. The van der Waals surface area contributed by atoms with Gasteiger partial charge in [-0.25, -0.2) is 4.98 Å². The highest BCUT2D eigenvalue weighted by molar-refractivity contribution is 5.10. The predicted octanol–water partition coefficient (Wildman–Crippen LogP) is 1.07. The van der Waals surface area contributed by atoms with Crippen molar-refractivity contribution in [1.82, 2.24) is 9.97 Å². The number of H-pyrrole nitrogens is 1. The average molecular weight is 153 g/mol. The Kier molecular flexibility index (Phi) is 2.65. The van der Waals surface area contributed by atoms with Gasteiger partial charge in [0.15, 0.2) is 0 Å². The number of imidazole rings is 1. The lowest BCUT2D eigenvalue weighted by Crippen LogP contribution is -2.03. The third-order valence-corrected chi connectivity index (χ3v) is 1.61. The van der Waals surface area contributed by atoms with Crippen molar-refractivity contribution in [2.75, 3.05) is 0 Å². The molecule has 0 atom stereocenters. The number of nitrogens with one attached hydrogen (secondary N) is 1. The number of aromatic nitrogens is 2. The van der Waals surface area contributed by atoms with Crippen LogP contribution in [0, 0.1) is 5.92 Å². The number of aromatic amines is 1. The van der Waals surface area contributed by atoms with E-state index >= 15 is 0 Å². The number of hydrogen-bond acceptors (Lipinski definition) is 2. The Morgan fingerprint density at radius 1 is 1.64 bits per heavy atom. The maximum Gasteiger partial charge on any atom is 0.0925 e. The van der Waals surface area contributed by atoms with Gasteiger partial charge in [0.2, 0.25) is 0 Å². The molecule has 1 heterocycles. The lowest BCUT2D eigenvalue weighted by atomic mass is 10.1. The topological polar surface area (TPSA) is 54.7 Å². The van der Waals surface area contributed by atoms with E-state index in [0.717, 1.165) is 17.8 Å². The van der Waals surface area contributed by atoms with Gasteiger partial charge in [0.05, 0.1) is 17.7 Å². The van der Waals surface area contributed by atoms with Gasteiger partial charge in [-0.15, -0.1) is 0 Å². The summed E-state index contributed by atoms with van der Waals surface area (Å²) in [5.41, 5.74) is 7.68. The first-order valence-corrected chi connectivity index (χ1v) is 3.95. The van der Waals surface area contributed by atoms with Crippen molar-refractivity contribution in [3.05, 3.63) is 17.7 Å². The molecule has 0 fully saturated rings. The van der Waals surface area contributed by atoms with Crippen molar-refractivity contribution in [2.24, 2.45) is 11.7 Å². The Balaban J connectivity index is 2.68. The highest BCUT2D eigenvalue weighted by Crippen LogP contribution is 2.08. The highest BCUT2D eigenvalue weighted by atomic mass is 14.9. The SMILES string of the molecule is CC(C)Cc1nc[nH]c1CN. The molecule has 0 aliphatic carbocycles. The normalized spacial score (nSPS) is 10.9. The number of nitrogens with two attached hydrogens (primary N) is 1. The molecule has 0 saturated heterocycles. The van der Waals surface area contributed by atoms with Gasteiger partial charge in [-0.2, -0.15) is 0 Å². The molecular weight excluding hydrogens is 138 g/mol. The molecule has 0 bridgehead atoms. The van der Waals surface area contributed by atoms with Gasteiger partial charge >= 0.3 is 0 Å². The number of nitrogens with zero attached hydrogens (tertiary/aromatic N) is 1. The Bertz CT molecular complexity index is 215. The second-order valence-corrected chi connectivity index (χ2v) is 3.13. The Morgan fingerprint density at radius 3 is 2.91 bits per heavy atom. The van der Waals surface area contributed by atoms with E-state index in [1.165, 1.54) is 0 Å². The standard InChI is InChI=1S/C8H15N3/c1-6(2)3-7-8(4-9)11-5-10-7/h5-6H,3-4,9H2,1-2H3,(H,10,11). The summed E-state index contributed by atoms with van der Waals surface area (Å²) in [6.07, 6.45) is 2.72. The average Bonchev–Trinajstić information content (AvgIpc) is 2.34. The molecule has 62 valence electrons. The van der Waals surface area contributed by atoms with Gasteiger partial charge in [-0.05, 0) is 12.3 Å². The third-order valence-electron chi connectivity index (χ3n) is 1.61. The van der Waals surface area contributed by atoms with E-state index in [1.54, 1.807) is 6.33 Å². The van der Waals surface area contributed by atoms with Crippen molar-refractivity contribution in [3.63, 3.8) is 0 Å². The van der Waals surface area contributed by atoms with Crippen LogP contribution in [0.25, 0.3) is 0 Å². The fraction of sp³-hybridized carbons (Fsp3) is 0.625. The van der Waals surface area contributed by atoms with Crippen LogP contribution in [0.2, 0.25) is 0 Å². The number of hydrogen-bond donors (Lipinski definition) is 2. The second-order valence-electron chi connectivity index (χ2n) is 3.13. The van der Waals surface area contributed by atoms with Gasteiger partial charge in [-0.3, -0.25) is 0 Å². The molecule has 0 spiro atoms. The highest BCUT2D eigenvalue weighted by Gasteiger charge is 2.04. The lowest BCUT2D eigenvalue weighted by Gasteiger charge is -2.02. The maximum absolute atomic E-state index is 5.50. The van der Waals surface area contributed by atoms with Crippen molar-refractivity contribution < 1.29 is 0 Å². The van der Waals surface area contributed by atoms with Crippen molar-refractivity contribution >= 4 is 0 Å². The fourth-order valence-corrected chi connectivity index (χ4v) is 1.09. The minimum Gasteiger partial charge on any atom is -0.347 e. The lowest BCUT2D eigenvalue weighted by molar-refractivity contribution is 0.632. The molecular formula is C8H15N3. The van der Waals surface area contributed by atoms with Crippen LogP contribution in [0.4, 0.5) is 0 Å². The molecule has 1 aromatic rings. The minimum absolute atomic E-state index is 0.558. The summed E-state index contributed by atoms with van der Waals surface area (Å²) in [6, 6.07) is 0. The molecule has 1 aromatic heterocycles. The van der Waals surface area contributed by atoms with Crippen LogP contribution in [-0.2, 0) is 13.0 Å². The van der Waals surface area contributed by atoms with Gasteiger partial charge in [-0.1, -0.05) is 13.8 Å². The first-order valence-electron chi connectivity index (χ1n) is 3.95. The fourth-order valence-electron chi connectivity index (χ4n) is 1.09. The summed E-state index contributed by atoms with van der Waals surface area (Å²) in [5, 5.41) is 0. The van der Waals surface area contributed by atoms with E-state index < -0.39 is 0 Å². The molecule has 0 aliphatic heterocycles. The van der Waals surface area contributed by atoms with Gasteiger partial charge in [0.1, 0.15) is 0 Å². The predicted molar refractivity (Wildman–Crippen MR) is 45.0 cm³/mol. The zero-order valence-corrected chi connectivity index (χ0v) is 7.09. The van der Waals surface area contributed by atoms with Crippen LogP contribution < -0.4 is 5.73 Å². The van der Waals surface area contributed by atoms with Crippen molar-refractivity contribution in [3.8, 4) is 0 Å². The van der Waals surface area contributed by atoms with Crippen LogP contribution in [0.15, 0.2) is 6.33 Å². The minimum atomic E-state index is 0.558. The molecule has 0 unspecified atom stereocenters. The molecule has 0 aromatic carbocycles. The summed E-state index contributed by atoms with van der Waals surface area (Å²) in [7, 11) is 0. The third kappa shape index (κ3) is 2.05. The Hall–Kier alpha value is -0.830. The molecule has 3 nitrogen and oxygen atoms in total. The van der Waals surface area contributed by atoms with Crippen LogP contribution in [-0.4, -0.2) is 9.97 Å². The second kappa shape index (κ2) is 3.53. The Labute approximate surface area is 67.0 Å². The van der Waals surface area contributed by atoms with Gasteiger partial charge in [0.25, 0.3) is 0 Å².